The number of rotatable bonds is 6. The van der Waals surface area contributed by atoms with Crippen LogP contribution < -0.4 is 24.8 Å². The van der Waals surface area contributed by atoms with E-state index in [9.17, 15) is 0 Å². The molecule has 0 spiro atoms. The molecule has 44 heavy (non-hydrogen) atoms. The largest absolute Gasteiger partial charge is 1.00 e. The fourth-order valence-electron chi connectivity index (χ4n) is 8.04. The molecule has 2 aliphatic rings. The van der Waals surface area contributed by atoms with E-state index in [2.05, 4.69) is 134 Å². The van der Waals surface area contributed by atoms with Gasteiger partial charge in [-0.15, -0.1) is 0 Å². The van der Waals surface area contributed by atoms with Crippen LogP contribution in [0.25, 0.3) is 33.4 Å². The van der Waals surface area contributed by atoms with Crippen molar-refractivity contribution in [3.05, 3.63) is 127 Å². The van der Waals surface area contributed by atoms with Crippen molar-refractivity contribution < 1.29 is 42.2 Å². The number of fused-ring (bicyclic) bond motifs is 3. The number of hydrogen-bond acceptors (Lipinski definition) is 0. The van der Waals surface area contributed by atoms with Gasteiger partial charge >= 0.3 is 261 Å². The SMILES string of the molecule is CC[C](CC)=[Ti+2]([C]1=CC=CC1)[CH]1c2ccc(-c3c(C)cc(C)cc3C)cc2-c2cc(-c3c(C)cc(C)cc3C)ccc21.[Cl-].[Cl-]. The summed E-state index contributed by atoms with van der Waals surface area (Å²) in [5.41, 5.74) is 19.7. The van der Waals surface area contributed by atoms with E-state index in [0.717, 1.165) is 6.42 Å². The Kier molecular flexibility index (Phi) is 10.9. The van der Waals surface area contributed by atoms with E-state index >= 15 is 0 Å². The third-order valence-electron chi connectivity index (χ3n) is 9.59. The third kappa shape index (κ3) is 6.04. The molecule has 4 aromatic carbocycles. The zero-order valence-corrected chi connectivity index (χ0v) is 30.5. The Morgan fingerprint density at radius 1 is 0.636 bits per heavy atom. The minimum absolute atomic E-state index is 0. The van der Waals surface area contributed by atoms with Gasteiger partial charge in [-0.3, -0.25) is 0 Å². The molecule has 0 atom stereocenters. The predicted molar refractivity (Wildman–Crippen MR) is 180 cm³/mol. The number of allylic oxidation sites excluding steroid dienone is 4. The molecule has 0 unspecified atom stereocenters. The van der Waals surface area contributed by atoms with Gasteiger partial charge < -0.3 is 24.8 Å². The summed E-state index contributed by atoms with van der Waals surface area (Å²) in [5.74, 6) is 0. The minimum Gasteiger partial charge on any atom is -1.00 e. The molecule has 3 heteroatoms. The van der Waals surface area contributed by atoms with Crippen LogP contribution >= 0.6 is 0 Å². The maximum atomic E-state index is 2.53. The van der Waals surface area contributed by atoms with Crippen LogP contribution in [0.2, 0.25) is 0 Å². The van der Waals surface area contributed by atoms with Crippen LogP contribution in [0.4, 0.5) is 0 Å². The van der Waals surface area contributed by atoms with Gasteiger partial charge in [0.15, 0.2) is 0 Å². The molecule has 4 aromatic rings. The fraction of sp³-hybridized carbons (Fsp3) is 0.293. The summed E-state index contributed by atoms with van der Waals surface area (Å²) in [6.45, 7) is 18.3. The van der Waals surface area contributed by atoms with Crippen molar-refractivity contribution in [1.82, 2.24) is 0 Å². The van der Waals surface area contributed by atoms with Gasteiger partial charge in [-0.2, -0.15) is 0 Å². The summed E-state index contributed by atoms with van der Waals surface area (Å²) >= 11 is -1.82. The number of benzene rings is 4. The van der Waals surface area contributed by atoms with Gasteiger partial charge in [0.25, 0.3) is 0 Å². The quantitative estimate of drug-likeness (QED) is 0.244. The molecule has 0 aromatic heterocycles. The van der Waals surface area contributed by atoms with Crippen molar-refractivity contribution in [2.75, 3.05) is 0 Å². The van der Waals surface area contributed by atoms with Gasteiger partial charge in [-0.25, -0.2) is 0 Å². The van der Waals surface area contributed by atoms with E-state index in [1.165, 1.54) is 79.6 Å². The predicted octanol–water partition coefficient (Wildman–Crippen LogP) is 5.40. The van der Waals surface area contributed by atoms with Gasteiger partial charge in [-0.1, -0.05) is 0 Å². The Morgan fingerprint density at radius 2 is 1.07 bits per heavy atom. The molecule has 0 saturated heterocycles. The maximum Gasteiger partial charge on any atom is -1.00 e. The number of aryl methyl sites for hydroxylation is 6. The van der Waals surface area contributed by atoms with Crippen molar-refractivity contribution in [3.8, 4) is 33.4 Å². The van der Waals surface area contributed by atoms with Crippen LogP contribution in [-0.2, 0) is 17.4 Å². The first-order chi connectivity index (χ1) is 20.2. The van der Waals surface area contributed by atoms with Crippen LogP contribution in [0.1, 0.15) is 81.8 Å². The summed E-state index contributed by atoms with van der Waals surface area (Å²) in [5, 5.41) is 0. The van der Waals surface area contributed by atoms with Crippen molar-refractivity contribution in [2.45, 2.75) is 78.9 Å². The van der Waals surface area contributed by atoms with Gasteiger partial charge in [0, 0.05) is 0 Å². The van der Waals surface area contributed by atoms with Gasteiger partial charge in [0.1, 0.15) is 0 Å². The van der Waals surface area contributed by atoms with E-state index in [4.69, 9.17) is 0 Å². The van der Waals surface area contributed by atoms with E-state index in [0.29, 0.717) is 4.22 Å². The molecule has 0 amide bonds. The second kappa shape index (κ2) is 13.9. The molecule has 226 valence electrons. The van der Waals surface area contributed by atoms with E-state index in [1.54, 1.807) is 15.0 Å². The molecule has 0 radical (unpaired) electrons. The summed E-state index contributed by atoms with van der Waals surface area (Å²) in [4.78, 5) is 0. The first kappa shape index (κ1) is 34.4. The molecule has 0 nitrogen and oxygen atoms in total. The second-order valence-electron chi connectivity index (χ2n) is 12.6. The summed E-state index contributed by atoms with van der Waals surface area (Å²) in [7, 11) is 0. The molecule has 0 heterocycles. The molecule has 0 bridgehead atoms. The van der Waals surface area contributed by atoms with Crippen LogP contribution in [0.15, 0.2) is 82.8 Å². The van der Waals surface area contributed by atoms with Crippen LogP contribution in [0.5, 0.6) is 0 Å². The van der Waals surface area contributed by atoms with Crippen LogP contribution in [0, 0.1) is 41.5 Å². The minimum atomic E-state index is -1.82. The van der Waals surface area contributed by atoms with E-state index in [1.807, 2.05) is 3.81 Å². The standard InChI is InChI=1S/C31H29.C5H5.C5H10.2ClH.Ti/c1-18-11-20(3)30(21(4)12-18)26-9-7-24-15-25-8-10-27(17-29(25)28(24)16-26)31-22(5)13-19(2)14-23(31)6;1-2-4-5-3-1;1-3-5-4-2;;;/h7-17H,1-6H3;1-3H,4H2;3-4H2,1-2H3;2*1H;/q;;;;;+2/p-2. The second-order valence-corrected chi connectivity index (χ2v) is 16.9. The van der Waals surface area contributed by atoms with Gasteiger partial charge in [0.2, 0.25) is 0 Å². The molecular formula is C41H44Cl2Ti. The molecular weight excluding hydrogens is 611 g/mol. The Labute approximate surface area is 283 Å². The van der Waals surface area contributed by atoms with E-state index in [-0.39, 0.29) is 24.8 Å². The molecule has 2 aliphatic carbocycles. The maximum absolute atomic E-state index is 2.53. The normalized spacial score (nSPS) is 12.9. The molecule has 0 fully saturated rings. The molecule has 0 aliphatic heterocycles. The van der Waals surface area contributed by atoms with Crippen molar-refractivity contribution in [2.24, 2.45) is 0 Å². The zero-order chi connectivity index (χ0) is 29.7. The van der Waals surface area contributed by atoms with Crippen LogP contribution in [0.3, 0.4) is 0 Å². The average Bonchev–Trinajstić information content (AvgIpc) is 3.57. The summed E-state index contributed by atoms with van der Waals surface area (Å²) in [6, 6.07) is 24.3. The molecule has 6 rings (SSSR count). The first-order valence-corrected chi connectivity index (χ1v) is 18.2. The van der Waals surface area contributed by atoms with Crippen LogP contribution in [-0.4, -0.2) is 3.81 Å². The molecule has 0 N–H and O–H groups in total. The summed E-state index contributed by atoms with van der Waals surface area (Å²) in [6.07, 6.45) is 10.7. The molecule has 0 saturated carbocycles. The van der Waals surface area contributed by atoms with Gasteiger partial charge in [0.05, 0.1) is 0 Å². The van der Waals surface area contributed by atoms with Gasteiger partial charge in [-0.05, 0) is 0 Å². The number of hydrogen-bond donors (Lipinski definition) is 0. The smallest absolute Gasteiger partial charge is 1.00 e. The monoisotopic (exact) mass is 654 g/mol. The topological polar surface area (TPSA) is 0 Å². The zero-order valence-electron chi connectivity index (χ0n) is 27.5. The third-order valence-corrected chi connectivity index (χ3v) is 15.4. The Balaban J connectivity index is 0.00000221. The Morgan fingerprint density at radius 3 is 1.43 bits per heavy atom. The van der Waals surface area contributed by atoms with Crippen molar-refractivity contribution >= 4 is 3.81 Å². The van der Waals surface area contributed by atoms with E-state index < -0.39 is 17.4 Å². The van der Waals surface area contributed by atoms with Crippen molar-refractivity contribution in [1.29, 1.82) is 0 Å². The average molecular weight is 656 g/mol. The number of halogens is 2. The fourth-order valence-corrected chi connectivity index (χ4v) is 13.9. The van der Waals surface area contributed by atoms with Crippen molar-refractivity contribution in [3.63, 3.8) is 0 Å². The Bertz CT molecular complexity index is 1680. The first-order valence-electron chi connectivity index (χ1n) is 15.7. The summed E-state index contributed by atoms with van der Waals surface area (Å²) < 4.78 is 4.08. The Hall–Kier alpha value is -2.48.